The maximum absolute atomic E-state index is 13.9. The molecule has 0 saturated carbocycles. The molecular weight excluding hydrogens is 518 g/mol. The van der Waals surface area contributed by atoms with Gasteiger partial charge >= 0.3 is 12.4 Å². The smallest absolute Gasteiger partial charge is 0.418 e. The lowest BCUT2D eigenvalue weighted by Gasteiger charge is -2.33. The van der Waals surface area contributed by atoms with Crippen molar-refractivity contribution in [2.45, 2.75) is 30.9 Å². The van der Waals surface area contributed by atoms with Gasteiger partial charge < -0.3 is 20.1 Å². The van der Waals surface area contributed by atoms with Gasteiger partial charge in [0.2, 0.25) is 6.79 Å². The molecule has 2 N–H and O–H groups in total. The lowest BCUT2D eigenvalue weighted by atomic mass is 9.96. The van der Waals surface area contributed by atoms with Gasteiger partial charge in [0.15, 0.2) is 23.2 Å². The molecule has 0 radical (unpaired) electrons. The summed E-state index contributed by atoms with van der Waals surface area (Å²) in [6.07, 6.45) is -10.00. The molecule has 2 aromatic carbocycles. The van der Waals surface area contributed by atoms with Crippen molar-refractivity contribution >= 4 is 29.0 Å². The number of anilines is 2. The molecule has 190 valence electrons. The summed E-state index contributed by atoms with van der Waals surface area (Å²) in [5.74, 6) is -0.387. The van der Waals surface area contributed by atoms with Crippen LogP contribution >= 0.6 is 11.6 Å². The van der Waals surface area contributed by atoms with Crippen molar-refractivity contribution in [2.24, 2.45) is 0 Å². The minimum Gasteiger partial charge on any atom is -0.454 e. The van der Waals surface area contributed by atoms with E-state index in [1.165, 1.54) is 0 Å². The van der Waals surface area contributed by atoms with Crippen LogP contribution in [0.5, 0.6) is 11.5 Å². The van der Waals surface area contributed by atoms with E-state index < -0.39 is 53.7 Å². The third kappa shape index (κ3) is 4.50. The first kappa shape index (κ1) is 24.1. The Balaban J connectivity index is 1.45. The average Bonchev–Trinajstić information content (AvgIpc) is 3.44. The first-order valence-electron chi connectivity index (χ1n) is 10.4. The Morgan fingerprint density at radius 2 is 1.81 bits per heavy atom. The van der Waals surface area contributed by atoms with Crippen LogP contribution in [0.4, 0.5) is 37.8 Å². The van der Waals surface area contributed by atoms with E-state index in [-0.39, 0.29) is 17.6 Å². The standard InChI is InChI=1S/C22H15ClF6N4O3/c23-11-2-3-13(12(6-11)21(24,25)26)31-20(34)15-8-19-30-14(7-18(22(27,28)29)33(19)32-15)10-1-4-16-17(5-10)36-9-35-16/h1-6,8,14,18,30H,7,9H2,(H,31,34)/t14-,18+/m1/s1. The van der Waals surface area contributed by atoms with E-state index in [0.717, 1.165) is 18.2 Å². The van der Waals surface area contributed by atoms with E-state index in [1.807, 2.05) is 0 Å². The van der Waals surface area contributed by atoms with Gasteiger partial charge in [-0.05, 0) is 35.9 Å². The number of carbonyl (C=O) groups excluding carboxylic acids is 1. The highest BCUT2D eigenvalue weighted by molar-refractivity contribution is 6.30. The Morgan fingerprint density at radius 3 is 2.53 bits per heavy atom. The molecule has 2 atom stereocenters. The largest absolute Gasteiger partial charge is 0.454 e. The summed E-state index contributed by atoms with van der Waals surface area (Å²) < 4.78 is 93.0. The normalized spacial score (nSPS) is 19.0. The fourth-order valence-corrected chi connectivity index (χ4v) is 4.25. The van der Waals surface area contributed by atoms with E-state index >= 15 is 0 Å². The molecule has 0 fully saturated rings. The molecule has 1 aromatic heterocycles. The van der Waals surface area contributed by atoms with Crippen LogP contribution in [0.3, 0.4) is 0 Å². The lowest BCUT2D eigenvalue weighted by molar-refractivity contribution is -0.173. The predicted octanol–water partition coefficient (Wildman–Crippen LogP) is 6.20. The van der Waals surface area contributed by atoms with Gasteiger partial charge in [-0.1, -0.05) is 17.7 Å². The number of carbonyl (C=O) groups is 1. The highest BCUT2D eigenvalue weighted by Gasteiger charge is 2.47. The van der Waals surface area contributed by atoms with Gasteiger partial charge in [0.05, 0.1) is 17.3 Å². The second-order valence-electron chi connectivity index (χ2n) is 8.10. The molecule has 36 heavy (non-hydrogen) atoms. The van der Waals surface area contributed by atoms with Gasteiger partial charge in [-0.2, -0.15) is 31.4 Å². The maximum Gasteiger partial charge on any atom is 0.418 e. The number of nitrogens with zero attached hydrogens (tertiary/aromatic N) is 2. The summed E-state index contributed by atoms with van der Waals surface area (Å²) in [5, 5.41) is 8.53. The minimum absolute atomic E-state index is 0.00300. The fourth-order valence-electron chi connectivity index (χ4n) is 4.08. The quantitative estimate of drug-likeness (QED) is 0.393. The Labute approximate surface area is 203 Å². The van der Waals surface area contributed by atoms with Gasteiger partial charge in [0.1, 0.15) is 5.82 Å². The zero-order valence-electron chi connectivity index (χ0n) is 17.9. The summed E-state index contributed by atoms with van der Waals surface area (Å²) in [5.41, 5.74) is -1.83. The zero-order valence-corrected chi connectivity index (χ0v) is 18.6. The van der Waals surface area contributed by atoms with Crippen LogP contribution in [0.1, 0.15) is 40.1 Å². The van der Waals surface area contributed by atoms with E-state index in [1.54, 1.807) is 18.2 Å². The third-order valence-electron chi connectivity index (χ3n) is 5.76. The van der Waals surface area contributed by atoms with Gasteiger partial charge in [-0.25, -0.2) is 4.68 Å². The number of hydrogen-bond acceptors (Lipinski definition) is 5. The molecule has 3 heterocycles. The number of benzene rings is 2. The maximum atomic E-state index is 13.9. The van der Waals surface area contributed by atoms with E-state index in [4.69, 9.17) is 21.1 Å². The first-order chi connectivity index (χ1) is 16.9. The highest BCUT2D eigenvalue weighted by atomic mass is 35.5. The summed E-state index contributed by atoms with van der Waals surface area (Å²) in [7, 11) is 0. The number of aromatic nitrogens is 2. The first-order valence-corrected chi connectivity index (χ1v) is 10.8. The summed E-state index contributed by atoms with van der Waals surface area (Å²) in [4.78, 5) is 12.7. The van der Waals surface area contributed by atoms with Crippen molar-refractivity contribution in [1.82, 2.24) is 9.78 Å². The zero-order chi connectivity index (χ0) is 25.8. The van der Waals surface area contributed by atoms with Gasteiger partial charge in [-0.15, -0.1) is 0 Å². The van der Waals surface area contributed by atoms with Crippen molar-refractivity contribution in [3.63, 3.8) is 0 Å². The molecule has 0 unspecified atom stereocenters. The van der Waals surface area contributed by atoms with Crippen molar-refractivity contribution < 1.29 is 40.6 Å². The van der Waals surface area contributed by atoms with Crippen molar-refractivity contribution in [3.05, 3.63) is 64.3 Å². The SMILES string of the molecule is O=C(Nc1ccc(Cl)cc1C(F)(F)F)c1cc2n(n1)[C@H](C(F)(F)F)C[C@H](c1ccc3c(c1)OCO3)N2. The molecule has 2 aliphatic rings. The molecule has 0 saturated heterocycles. The van der Waals surface area contributed by atoms with Crippen LogP contribution in [0, 0.1) is 0 Å². The number of halogens is 7. The molecule has 2 aliphatic heterocycles. The molecular formula is C22H15ClF6N4O3. The third-order valence-corrected chi connectivity index (χ3v) is 5.99. The number of amides is 1. The number of alkyl halides is 6. The Kier molecular flexibility index (Phi) is 5.69. The van der Waals surface area contributed by atoms with Gasteiger partial charge in [-0.3, -0.25) is 4.79 Å². The van der Waals surface area contributed by atoms with Crippen LogP contribution in [0.15, 0.2) is 42.5 Å². The monoisotopic (exact) mass is 532 g/mol. The molecule has 0 spiro atoms. The number of rotatable bonds is 3. The Hall–Kier alpha value is -3.61. The summed E-state index contributed by atoms with van der Waals surface area (Å²) in [6.45, 7) is -0.00300. The molecule has 0 aliphatic carbocycles. The van der Waals surface area contributed by atoms with Crippen LogP contribution in [0.25, 0.3) is 0 Å². The topological polar surface area (TPSA) is 77.4 Å². The van der Waals surface area contributed by atoms with Gasteiger partial charge in [0, 0.05) is 17.5 Å². The number of hydrogen-bond donors (Lipinski definition) is 2. The number of ether oxygens (including phenoxy) is 2. The van der Waals surface area contributed by atoms with Crippen molar-refractivity contribution in [2.75, 3.05) is 17.4 Å². The molecule has 14 heteroatoms. The van der Waals surface area contributed by atoms with E-state index in [0.29, 0.717) is 27.8 Å². The minimum atomic E-state index is -4.83. The molecule has 1 amide bonds. The van der Waals surface area contributed by atoms with Crippen LogP contribution in [-0.2, 0) is 6.18 Å². The highest BCUT2D eigenvalue weighted by Crippen LogP contribution is 2.45. The van der Waals surface area contributed by atoms with Crippen LogP contribution in [0.2, 0.25) is 5.02 Å². The molecule has 3 aromatic rings. The predicted molar refractivity (Wildman–Crippen MR) is 115 cm³/mol. The summed E-state index contributed by atoms with van der Waals surface area (Å²) in [6, 6.07) is 5.60. The van der Waals surface area contributed by atoms with E-state index in [2.05, 4.69) is 15.7 Å². The van der Waals surface area contributed by atoms with E-state index in [9.17, 15) is 31.1 Å². The molecule has 5 rings (SSSR count). The average molecular weight is 533 g/mol. The number of fused-ring (bicyclic) bond motifs is 2. The molecule has 7 nitrogen and oxygen atoms in total. The second kappa shape index (κ2) is 8.50. The fraction of sp³-hybridized carbons (Fsp3) is 0.273. The van der Waals surface area contributed by atoms with Gasteiger partial charge in [0.25, 0.3) is 5.91 Å². The van der Waals surface area contributed by atoms with Crippen LogP contribution < -0.4 is 20.1 Å². The van der Waals surface area contributed by atoms with Crippen LogP contribution in [-0.4, -0.2) is 28.7 Å². The second-order valence-corrected chi connectivity index (χ2v) is 8.54. The Morgan fingerprint density at radius 1 is 1.06 bits per heavy atom. The van der Waals surface area contributed by atoms with Crippen molar-refractivity contribution in [1.29, 1.82) is 0 Å². The molecule has 0 bridgehead atoms. The summed E-state index contributed by atoms with van der Waals surface area (Å²) >= 11 is 5.64. The lowest BCUT2D eigenvalue weighted by Crippen LogP contribution is -2.35. The Bertz CT molecular complexity index is 1340. The number of nitrogens with one attached hydrogen (secondary N) is 2. The van der Waals surface area contributed by atoms with Crippen molar-refractivity contribution in [3.8, 4) is 11.5 Å².